The quantitative estimate of drug-likeness (QED) is 0.867. The molecule has 2 heterocycles. The minimum Gasteiger partial charge on any atom is -0.386 e. The number of rotatable bonds is 4. The maximum Gasteiger partial charge on any atom is 0.103 e. The monoisotopic (exact) mass is 229 g/mol. The summed E-state index contributed by atoms with van der Waals surface area (Å²) in [7, 11) is 0. The zero-order valence-electron chi connectivity index (χ0n) is 9.74. The largest absolute Gasteiger partial charge is 0.386 e. The lowest BCUT2D eigenvalue weighted by atomic mass is 10.1. The molecular weight excluding hydrogens is 214 g/mol. The Hall–Kier alpha value is -1.81. The molecule has 1 unspecified atom stereocenters. The fourth-order valence-corrected chi connectivity index (χ4v) is 1.57. The Morgan fingerprint density at radius 1 is 1.18 bits per heavy atom. The highest BCUT2D eigenvalue weighted by Gasteiger charge is 2.10. The molecule has 17 heavy (non-hydrogen) atoms. The fourth-order valence-electron chi connectivity index (χ4n) is 1.57. The molecule has 1 atom stereocenters. The third-order valence-corrected chi connectivity index (χ3v) is 2.62. The molecule has 0 fully saturated rings. The molecule has 2 aromatic heterocycles. The van der Waals surface area contributed by atoms with Crippen LogP contribution in [-0.4, -0.2) is 20.1 Å². The van der Waals surface area contributed by atoms with E-state index < -0.39 is 6.10 Å². The van der Waals surface area contributed by atoms with Crippen molar-refractivity contribution in [1.82, 2.24) is 15.0 Å². The van der Waals surface area contributed by atoms with Crippen LogP contribution in [0.1, 0.15) is 30.0 Å². The average molecular weight is 229 g/mol. The van der Waals surface area contributed by atoms with E-state index in [0.717, 1.165) is 12.1 Å². The van der Waals surface area contributed by atoms with Gasteiger partial charge in [-0.1, -0.05) is 13.0 Å². The first-order chi connectivity index (χ1) is 8.29. The summed E-state index contributed by atoms with van der Waals surface area (Å²) in [5, 5.41) is 9.96. The zero-order chi connectivity index (χ0) is 12.1. The molecule has 0 aliphatic carbocycles. The molecule has 0 aliphatic heterocycles. The van der Waals surface area contributed by atoms with Gasteiger partial charge in [-0.2, -0.15) is 0 Å². The predicted molar refractivity (Wildman–Crippen MR) is 64.3 cm³/mol. The summed E-state index contributed by atoms with van der Waals surface area (Å²) in [6.07, 6.45) is 7.37. The van der Waals surface area contributed by atoms with Gasteiger partial charge in [-0.15, -0.1) is 0 Å². The average Bonchev–Trinajstić information content (AvgIpc) is 2.40. The number of hydrogen-bond acceptors (Lipinski definition) is 4. The first-order valence-electron chi connectivity index (χ1n) is 5.67. The standard InChI is InChI=1S/C13H15N3O/c1-2-10-3-4-11(16-8-10)7-13(17)12-9-14-5-6-15-12/h3-6,8-9,13,17H,2,7H2,1H3. The number of hydrogen-bond donors (Lipinski definition) is 1. The summed E-state index contributed by atoms with van der Waals surface area (Å²) < 4.78 is 0. The van der Waals surface area contributed by atoms with E-state index in [-0.39, 0.29) is 0 Å². The maximum absolute atomic E-state index is 9.96. The summed E-state index contributed by atoms with van der Waals surface area (Å²) in [4.78, 5) is 12.3. The molecule has 0 spiro atoms. The minimum absolute atomic E-state index is 0.461. The van der Waals surface area contributed by atoms with Crippen molar-refractivity contribution in [2.75, 3.05) is 0 Å². The molecular formula is C13H15N3O. The van der Waals surface area contributed by atoms with Crippen molar-refractivity contribution in [2.24, 2.45) is 0 Å². The normalized spacial score (nSPS) is 12.4. The number of pyridine rings is 1. The van der Waals surface area contributed by atoms with Crippen LogP contribution in [0.25, 0.3) is 0 Å². The van der Waals surface area contributed by atoms with E-state index in [9.17, 15) is 5.11 Å². The van der Waals surface area contributed by atoms with E-state index in [1.165, 1.54) is 5.56 Å². The Labute approximate surface area is 100 Å². The van der Waals surface area contributed by atoms with Gasteiger partial charge in [-0.05, 0) is 18.1 Å². The minimum atomic E-state index is -0.649. The number of nitrogens with zero attached hydrogens (tertiary/aromatic N) is 3. The van der Waals surface area contributed by atoms with Gasteiger partial charge in [0, 0.05) is 30.7 Å². The van der Waals surface area contributed by atoms with Crippen molar-refractivity contribution in [3.8, 4) is 0 Å². The first-order valence-corrected chi connectivity index (χ1v) is 5.67. The summed E-state index contributed by atoms with van der Waals surface area (Å²) in [5.74, 6) is 0. The van der Waals surface area contributed by atoms with Gasteiger partial charge in [0.15, 0.2) is 0 Å². The number of aliphatic hydroxyl groups is 1. The van der Waals surface area contributed by atoms with Crippen molar-refractivity contribution < 1.29 is 5.11 Å². The van der Waals surface area contributed by atoms with Crippen LogP contribution in [0.15, 0.2) is 36.9 Å². The Balaban J connectivity index is 2.05. The van der Waals surface area contributed by atoms with Crippen LogP contribution >= 0.6 is 0 Å². The number of aliphatic hydroxyl groups excluding tert-OH is 1. The molecule has 2 aromatic rings. The summed E-state index contributed by atoms with van der Waals surface area (Å²) in [5.41, 5.74) is 2.64. The molecule has 88 valence electrons. The van der Waals surface area contributed by atoms with Crippen LogP contribution in [0.2, 0.25) is 0 Å². The van der Waals surface area contributed by atoms with Crippen molar-refractivity contribution in [1.29, 1.82) is 0 Å². The Morgan fingerprint density at radius 2 is 2.06 bits per heavy atom. The van der Waals surface area contributed by atoms with E-state index in [1.807, 2.05) is 18.3 Å². The van der Waals surface area contributed by atoms with Crippen LogP contribution in [0.4, 0.5) is 0 Å². The van der Waals surface area contributed by atoms with E-state index in [0.29, 0.717) is 12.1 Å². The predicted octanol–water partition coefficient (Wildman–Crippen LogP) is 1.71. The molecule has 0 aromatic carbocycles. The van der Waals surface area contributed by atoms with E-state index >= 15 is 0 Å². The van der Waals surface area contributed by atoms with E-state index in [1.54, 1.807) is 18.6 Å². The highest BCUT2D eigenvalue weighted by Crippen LogP contribution is 2.14. The lowest BCUT2D eigenvalue weighted by molar-refractivity contribution is 0.172. The lowest BCUT2D eigenvalue weighted by Gasteiger charge is -2.09. The van der Waals surface area contributed by atoms with Gasteiger partial charge in [0.1, 0.15) is 6.10 Å². The maximum atomic E-state index is 9.96. The summed E-state index contributed by atoms with van der Waals surface area (Å²) >= 11 is 0. The molecule has 0 saturated heterocycles. The molecule has 4 nitrogen and oxygen atoms in total. The number of aryl methyl sites for hydroxylation is 1. The van der Waals surface area contributed by atoms with Crippen LogP contribution in [0, 0.1) is 0 Å². The number of aromatic nitrogens is 3. The molecule has 0 bridgehead atoms. The van der Waals surface area contributed by atoms with Crippen molar-refractivity contribution in [3.05, 3.63) is 53.9 Å². The summed E-state index contributed by atoms with van der Waals surface area (Å²) in [6, 6.07) is 3.98. The van der Waals surface area contributed by atoms with Crippen LogP contribution in [0.3, 0.4) is 0 Å². The fraction of sp³-hybridized carbons (Fsp3) is 0.308. The SMILES string of the molecule is CCc1ccc(CC(O)c2cnccn2)nc1. The second-order valence-corrected chi connectivity index (χ2v) is 3.86. The molecule has 1 N–H and O–H groups in total. The van der Waals surface area contributed by atoms with Gasteiger partial charge in [0.2, 0.25) is 0 Å². The Kier molecular flexibility index (Phi) is 3.77. The molecule has 0 amide bonds. The molecule has 0 saturated carbocycles. The highest BCUT2D eigenvalue weighted by atomic mass is 16.3. The van der Waals surface area contributed by atoms with Crippen molar-refractivity contribution >= 4 is 0 Å². The van der Waals surface area contributed by atoms with Gasteiger partial charge < -0.3 is 5.11 Å². The topological polar surface area (TPSA) is 58.9 Å². The van der Waals surface area contributed by atoms with Gasteiger partial charge >= 0.3 is 0 Å². The van der Waals surface area contributed by atoms with E-state index in [2.05, 4.69) is 21.9 Å². The summed E-state index contributed by atoms with van der Waals surface area (Å²) in [6.45, 7) is 2.09. The Bertz CT molecular complexity index is 456. The second-order valence-electron chi connectivity index (χ2n) is 3.86. The Morgan fingerprint density at radius 3 is 2.65 bits per heavy atom. The highest BCUT2D eigenvalue weighted by molar-refractivity contribution is 5.15. The molecule has 0 aliphatic rings. The van der Waals surface area contributed by atoms with Gasteiger partial charge in [0.25, 0.3) is 0 Å². The zero-order valence-corrected chi connectivity index (χ0v) is 9.74. The van der Waals surface area contributed by atoms with Crippen LogP contribution in [0.5, 0.6) is 0 Å². The third-order valence-electron chi connectivity index (χ3n) is 2.62. The van der Waals surface area contributed by atoms with Crippen molar-refractivity contribution in [3.63, 3.8) is 0 Å². The van der Waals surface area contributed by atoms with Gasteiger partial charge in [0.05, 0.1) is 11.9 Å². The van der Waals surface area contributed by atoms with Gasteiger partial charge in [-0.25, -0.2) is 0 Å². The molecule has 2 rings (SSSR count). The van der Waals surface area contributed by atoms with Crippen molar-refractivity contribution in [2.45, 2.75) is 25.9 Å². The lowest BCUT2D eigenvalue weighted by Crippen LogP contribution is -2.05. The smallest absolute Gasteiger partial charge is 0.103 e. The second kappa shape index (κ2) is 5.50. The molecule has 4 heteroatoms. The molecule has 0 radical (unpaired) electrons. The van der Waals surface area contributed by atoms with Crippen LogP contribution < -0.4 is 0 Å². The van der Waals surface area contributed by atoms with E-state index in [4.69, 9.17) is 0 Å². The van der Waals surface area contributed by atoms with Gasteiger partial charge in [-0.3, -0.25) is 15.0 Å². The first kappa shape index (κ1) is 11.7. The van der Waals surface area contributed by atoms with Crippen LogP contribution in [-0.2, 0) is 12.8 Å². The third kappa shape index (κ3) is 3.07.